The van der Waals surface area contributed by atoms with Crippen LogP contribution in [0.4, 0.5) is 5.69 Å². The molecule has 1 aliphatic heterocycles. The summed E-state index contributed by atoms with van der Waals surface area (Å²) in [4.78, 5) is 23.1. The maximum Gasteiger partial charge on any atom is 0.337 e. The molecule has 19 heavy (non-hydrogen) atoms. The molecule has 1 amide bonds. The maximum absolute atomic E-state index is 12.0. The van der Waals surface area contributed by atoms with Crippen molar-refractivity contribution in [2.24, 2.45) is 0 Å². The Kier molecular flexibility index (Phi) is 4.39. The Balaban J connectivity index is 2.13. The number of carboxylic acids is 1. The minimum Gasteiger partial charge on any atom is -0.478 e. The molecule has 1 atom stereocenters. The molecule has 0 aliphatic carbocycles. The van der Waals surface area contributed by atoms with Crippen LogP contribution in [0.3, 0.4) is 0 Å². The smallest absolute Gasteiger partial charge is 0.337 e. The summed E-state index contributed by atoms with van der Waals surface area (Å²) in [5, 5.41) is 15.2. The Morgan fingerprint density at radius 2 is 2.16 bits per heavy atom. The molecule has 1 aromatic rings. The second kappa shape index (κ2) is 6.04. The lowest BCUT2D eigenvalue weighted by molar-refractivity contribution is -0.118. The zero-order chi connectivity index (χ0) is 13.8. The molecule has 2 rings (SSSR count). The number of benzene rings is 1. The van der Waals surface area contributed by atoms with E-state index < -0.39 is 5.97 Å². The third-order valence-corrected chi connectivity index (χ3v) is 3.33. The second-order valence-corrected chi connectivity index (χ2v) is 4.92. The van der Waals surface area contributed by atoms with Crippen molar-refractivity contribution >= 4 is 29.2 Å². The third kappa shape index (κ3) is 3.45. The molecule has 1 aliphatic rings. The van der Waals surface area contributed by atoms with Crippen LogP contribution in [-0.4, -0.2) is 29.6 Å². The number of aromatic carboxylic acids is 1. The van der Waals surface area contributed by atoms with Gasteiger partial charge in [0, 0.05) is 5.02 Å². The highest BCUT2D eigenvalue weighted by atomic mass is 35.5. The number of hydrogen-bond acceptors (Lipinski definition) is 3. The quantitative estimate of drug-likeness (QED) is 0.793. The van der Waals surface area contributed by atoms with Crippen molar-refractivity contribution in [1.29, 1.82) is 0 Å². The summed E-state index contributed by atoms with van der Waals surface area (Å²) < 4.78 is 0. The molecule has 1 saturated heterocycles. The largest absolute Gasteiger partial charge is 0.478 e. The Hall–Kier alpha value is -1.59. The molecule has 1 heterocycles. The Bertz CT molecular complexity index is 499. The highest BCUT2D eigenvalue weighted by Crippen LogP contribution is 2.21. The van der Waals surface area contributed by atoms with Gasteiger partial charge in [0.25, 0.3) is 0 Å². The number of rotatable bonds is 3. The molecule has 1 fully saturated rings. The van der Waals surface area contributed by atoms with E-state index in [-0.39, 0.29) is 23.2 Å². The van der Waals surface area contributed by atoms with Crippen LogP contribution in [0.2, 0.25) is 5.02 Å². The summed E-state index contributed by atoms with van der Waals surface area (Å²) in [6.07, 6.45) is 2.82. The van der Waals surface area contributed by atoms with Crippen molar-refractivity contribution in [3.05, 3.63) is 28.8 Å². The molecule has 5 nitrogen and oxygen atoms in total. The molecule has 0 saturated carbocycles. The summed E-state index contributed by atoms with van der Waals surface area (Å²) in [5.74, 6) is -1.32. The summed E-state index contributed by atoms with van der Waals surface area (Å²) >= 11 is 5.76. The van der Waals surface area contributed by atoms with Crippen LogP contribution in [-0.2, 0) is 4.79 Å². The van der Waals surface area contributed by atoms with E-state index in [0.717, 1.165) is 25.8 Å². The van der Waals surface area contributed by atoms with Gasteiger partial charge in [-0.15, -0.1) is 0 Å². The van der Waals surface area contributed by atoms with Gasteiger partial charge in [0.1, 0.15) is 0 Å². The van der Waals surface area contributed by atoms with Crippen LogP contribution in [0.1, 0.15) is 29.6 Å². The van der Waals surface area contributed by atoms with Crippen molar-refractivity contribution in [2.45, 2.75) is 25.3 Å². The summed E-state index contributed by atoms with van der Waals surface area (Å²) in [7, 11) is 0. The van der Waals surface area contributed by atoms with Gasteiger partial charge in [0.2, 0.25) is 5.91 Å². The Morgan fingerprint density at radius 3 is 2.79 bits per heavy atom. The molecule has 102 valence electrons. The number of piperidine rings is 1. The molecule has 0 unspecified atom stereocenters. The lowest BCUT2D eigenvalue weighted by Gasteiger charge is -2.22. The predicted octanol–water partition coefficient (Wildman–Crippen LogP) is 2.12. The predicted molar refractivity (Wildman–Crippen MR) is 72.7 cm³/mol. The number of amides is 1. The number of halogens is 1. The first-order valence-corrected chi connectivity index (χ1v) is 6.53. The minimum absolute atomic E-state index is 0.00309. The van der Waals surface area contributed by atoms with Crippen LogP contribution in [0.5, 0.6) is 0 Å². The van der Waals surface area contributed by atoms with E-state index in [2.05, 4.69) is 10.6 Å². The topological polar surface area (TPSA) is 78.4 Å². The van der Waals surface area contributed by atoms with Gasteiger partial charge in [-0.1, -0.05) is 18.0 Å². The number of nitrogens with one attached hydrogen (secondary N) is 2. The molecule has 0 spiro atoms. The standard InChI is InChI=1S/C13H15ClN2O3/c14-8-4-5-10(9(7-8)13(18)19)16-12(17)11-3-1-2-6-15-11/h4-5,7,11,15H,1-3,6H2,(H,16,17)(H,18,19)/t11-/m1/s1. The van der Waals surface area contributed by atoms with E-state index in [4.69, 9.17) is 16.7 Å². The molecular formula is C13H15ClN2O3. The zero-order valence-corrected chi connectivity index (χ0v) is 11.0. The highest BCUT2D eigenvalue weighted by Gasteiger charge is 2.22. The Labute approximate surface area is 116 Å². The molecular weight excluding hydrogens is 268 g/mol. The SMILES string of the molecule is O=C(O)c1cc(Cl)ccc1NC(=O)[C@H]1CCCCN1. The molecule has 0 aromatic heterocycles. The van der Waals surface area contributed by atoms with Gasteiger partial charge in [-0.25, -0.2) is 4.79 Å². The van der Waals surface area contributed by atoms with Crippen molar-refractivity contribution in [1.82, 2.24) is 5.32 Å². The van der Waals surface area contributed by atoms with E-state index >= 15 is 0 Å². The van der Waals surface area contributed by atoms with Crippen molar-refractivity contribution < 1.29 is 14.7 Å². The first-order chi connectivity index (χ1) is 9.08. The highest BCUT2D eigenvalue weighted by molar-refractivity contribution is 6.31. The van der Waals surface area contributed by atoms with E-state index in [9.17, 15) is 9.59 Å². The fourth-order valence-electron chi connectivity index (χ4n) is 2.10. The van der Waals surface area contributed by atoms with Gasteiger partial charge >= 0.3 is 5.97 Å². The lowest BCUT2D eigenvalue weighted by Crippen LogP contribution is -2.43. The van der Waals surface area contributed by atoms with E-state index in [1.165, 1.54) is 12.1 Å². The lowest BCUT2D eigenvalue weighted by atomic mass is 10.0. The monoisotopic (exact) mass is 282 g/mol. The van der Waals surface area contributed by atoms with Gasteiger partial charge < -0.3 is 15.7 Å². The number of hydrogen-bond donors (Lipinski definition) is 3. The zero-order valence-electron chi connectivity index (χ0n) is 10.3. The molecule has 1 aromatic carbocycles. The van der Waals surface area contributed by atoms with Gasteiger partial charge in [0.05, 0.1) is 17.3 Å². The average molecular weight is 283 g/mol. The fraction of sp³-hybridized carbons (Fsp3) is 0.385. The van der Waals surface area contributed by atoms with E-state index in [1.807, 2.05) is 0 Å². The fourth-order valence-corrected chi connectivity index (χ4v) is 2.27. The third-order valence-electron chi connectivity index (χ3n) is 3.10. The summed E-state index contributed by atoms with van der Waals surface area (Å²) in [5.41, 5.74) is 0.269. The summed E-state index contributed by atoms with van der Waals surface area (Å²) in [6.45, 7) is 0.810. The first-order valence-electron chi connectivity index (χ1n) is 6.15. The second-order valence-electron chi connectivity index (χ2n) is 4.49. The number of anilines is 1. The number of carbonyl (C=O) groups is 2. The molecule has 3 N–H and O–H groups in total. The van der Waals surface area contributed by atoms with Crippen LogP contribution >= 0.6 is 11.6 Å². The van der Waals surface area contributed by atoms with Gasteiger partial charge in [0.15, 0.2) is 0 Å². The van der Waals surface area contributed by atoms with Gasteiger partial charge in [-0.05, 0) is 37.6 Å². The maximum atomic E-state index is 12.0. The van der Waals surface area contributed by atoms with Crippen molar-refractivity contribution in [3.8, 4) is 0 Å². The van der Waals surface area contributed by atoms with Crippen LogP contribution in [0.25, 0.3) is 0 Å². The summed E-state index contributed by atoms with van der Waals surface area (Å²) in [6, 6.07) is 4.13. The van der Waals surface area contributed by atoms with E-state index in [1.54, 1.807) is 6.07 Å². The molecule has 0 bridgehead atoms. The minimum atomic E-state index is -1.12. The van der Waals surface area contributed by atoms with Crippen molar-refractivity contribution in [3.63, 3.8) is 0 Å². The van der Waals surface area contributed by atoms with Gasteiger partial charge in [-0.2, -0.15) is 0 Å². The van der Waals surface area contributed by atoms with Crippen LogP contribution in [0, 0.1) is 0 Å². The van der Waals surface area contributed by atoms with E-state index in [0.29, 0.717) is 5.02 Å². The first kappa shape index (κ1) is 13.8. The average Bonchev–Trinajstić information content (AvgIpc) is 2.41. The van der Waals surface area contributed by atoms with Crippen LogP contribution < -0.4 is 10.6 Å². The van der Waals surface area contributed by atoms with Crippen molar-refractivity contribution in [2.75, 3.05) is 11.9 Å². The normalized spacial score (nSPS) is 18.9. The molecule has 6 heteroatoms. The Morgan fingerprint density at radius 1 is 1.37 bits per heavy atom. The van der Waals surface area contributed by atoms with Crippen LogP contribution in [0.15, 0.2) is 18.2 Å². The molecule has 0 radical (unpaired) electrons. The van der Waals surface area contributed by atoms with Gasteiger partial charge in [-0.3, -0.25) is 4.79 Å². The number of carbonyl (C=O) groups excluding carboxylic acids is 1. The number of carboxylic acid groups (broad SMARTS) is 1.